The smallest absolute Gasteiger partial charge is 0.251 e. The van der Waals surface area contributed by atoms with Gasteiger partial charge < -0.3 is 20.5 Å². The number of nitrogen functional groups attached to an aromatic ring is 1. The number of nitrogens with one attached hydrogen (secondary N) is 1. The first kappa shape index (κ1) is 15.3. The molecule has 1 atom stereocenters. The molecule has 0 saturated heterocycles. The average molecular weight is 266 g/mol. The van der Waals surface area contributed by atoms with E-state index in [0.29, 0.717) is 36.8 Å². The zero-order valence-electron chi connectivity index (χ0n) is 11.7. The van der Waals surface area contributed by atoms with E-state index in [4.69, 9.17) is 15.2 Å². The normalized spacial score (nSPS) is 11.9. The fourth-order valence-electron chi connectivity index (χ4n) is 1.69. The summed E-state index contributed by atoms with van der Waals surface area (Å²) in [5.74, 6) is 0.422. The third-order valence-corrected chi connectivity index (χ3v) is 2.50. The summed E-state index contributed by atoms with van der Waals surface area (Å²) < 4.78 is 10.7. The minimum absolute atomic E-state index is 0.0126. The molecule has 0 bridgehead atoms. The monoisotopic (exact) mass is 266 g/mol. The predicted octanol–water partition coefficient (Wildman–Crippen LogP) is 1.82. The van der Waals surface area contributed by atoms with Gasteiger partial charge in [0.05, 0.1) is 12.7 Å². The predicted molar refractivity (Wildman–Crippen MR) is 75.4 cm³/mol. The Labute approximate surface area is 114 Å². The minimum Gasteiger partial charge on any atom is -0.494 e. The largest absolute Gasteiger partial charge is 0.494 e. The summed E-state index contributed by atoms with van der Waals surface area (Å²) >= 11 is 0. The molecule has 3 N–H and O–H groups in total. The third kappa shape index (κ3) is 5.18. The van der Waals surface area contributed by atoms with Crippen LogP contribution >= 0.6 is 0 Å². The molecular weight excluding hydrogens is 244 g/mol. The number of carbonyl (C=O) groups excluding carboxylic acids is 1. The average Bonchev–Trinajstić information content (AvgIpc) is 2.36. The van der Waals surface area contributed by atoms with Crippen molar-refractivity contribution in [2.75, 3.05) is 25.5 Å². The van der Waals surface area contributed by atoms with Crippen LogP contribution in [-0.4, -0.2) is 31.8 Å². The number of hydrogen-bond donors (Lipinski definition) is 2. The Kier molecular flexibility index (Phi) is 6.15. The first-order chi connectivity index (χ1) is 9.06. The van der Waals surface area contributed by atoms with Gasteiger partial charge >= 0.3 is 0 Å². The molecule has 1 aromatic rings. The van der Waals surface area contributed by atoms with E-state index in [1.807, 2.05) is 20.8 Å². The topological polar surface area (TPSA) is 73.6 Å². The van der Waals surface area contributed by atoms with E-state index in [2.05, 4.69) is 5.32 Å². The van der Waals surface area contributed by atoms with Gasteiger partial charge in [-0.3, -0.25) is 4.79 Å². The molecule has 1 rings (SSSR count). The Morgan fingerprint density at radius 3 is 2.68 bits per heavy atom. The van der Waals surface area contributed by atoms with Crippen LogP contribution in [-0.2, 0) is 4.74 Å². The van der Waals surface area contributed by atoms with Crippen LogP contribution in [0.15, 0.2) is 18.2 Å². The molecule has 5 nitrogen and oxygen atoms in total. The molecular formula is C14H22N2O3. The van der Waals surface area contributed by atoms with Crippen LogP contribution in [0.1, 0.15) is 31.1 Å². The fourth-order valence-corrected chi connectivity index (χ4v) is 1.69. The van der Waals surface area contributed by atoms with Gasteiger partial charge in [-0.25, -0.2) is 0 Å². The molecule has 0 aliphatic heterocycles. The van der Waals surface area contributed by atoms with Crippen LogP contribution in [0.2, 0.25) is 0 Å². The molecule has 1 amide bonds. The SMILES string of the molecule is CCOc1cc(N)cc(C(=O)NCC(C)OCC)c1. The molecule has 0 fully saturated rings. The quantitative estimate of drug-likeness (QED) is 0.738. The van der Waals surface area contributed by atoms with Gasteiger partial charge in [-0.15, -0.1) is 0 Å². The van der Waals surface area contributed by atoms with Crippen molar-refractivity contribution in [3.8, 4) is 5.75 Å². The van der Waals surface area contributed by atoms with E-state index in [1.54, 1.807) is 18.2 Å². The van der Waals surface area contributed by atoms with Crippen LogP contribution in [0, 0.1) is 0 Å². The lowest BCUT2D eigenvalue weighted by Gasteiger charge is -2.13. The number of ether oxygens (including phenoxy) is 2. The molecule has 106 valence electrons. The van der Waals surface area contributed by atoms with Gasteiger partial charge in [-0.2, -0.15) is 0 Å². The number of benzene rings is 1. The van der Waals surface area contributed by atoms with Gasteiger partial charge in [0.2, 0.25) is 0 Å². The molecule has 0 saturated carbocycles. The molecule has 1 unspecified atom stereocenters. The zero-order chi connectivity index (χ0) is 14.3. The highest BCUT2D eigenvalue weighted by Gasteiger charge is 2.10. The maximum atomic E-state index is 12.0. The molecule has 0 heterocycles. The van der Waals surface area contributed by atoms with Crippen LogP contribution in [0.3, 0.4) is 0 Å². The van der Waals surface area contributed by atoms with Crippen molar-refractivity contribution in [3.05, 3.63) is 23.8 Å². The van der Waals surface area contributed by atoms with E-state index in [-0.39, 0.29) is 12.0 Å². The van der Waals surface area contributed by atoms with E-state index in [1.165, 1.54) is 0 Å². The molecule has 0 aliphatic carbocycles. The van der Waals surface area contributed by atoms with Gasteiger partial charge in [0.25, 0.3) is 5.91 Å². The molecule has 0 radical (unpaired) electrons. The van der Waals surface area contributed by atoms with Crippen molar-refractivity contribution < 1.29 is 14.3 Å². The second-order valence-corrected chi connectivity index (χ2v) is 4.20. The molecule has 0 spiro atoms. The van der Waals surface area contributed by atoms with E-state index < -0.39 is 0 Å². The van der Waals surface area contributed by atoms with Crippen molar-refractivity contribution >= 4 is 11.6 Å². The summed E-state index contributed by atoms with van der Waals surface area (Å²) in [4.78, 5) is 12.0. The highest BCUT2D eigenvalue weighted by atomic mass is 16.5. The highest BCUT2D eigenvalue weighted by molar-refractivity contribution is 5.95. The standard InChI is InChI=1S/C14H22N2O3/c1-4-18-10(3)9-16-14(17)11-6-12(15)8-13(7-11)19-5-2/h6-8,10H,4-5,9,15H2,1-3H3,(H,16,17). The number of carbonyl (C=O) groups is 1. The molecule has 0 aliphatic rings. The van der Waals surface area contributed by atoms with Gasteiger partial charge in [-0.05, 0) is 32.9 Å². The van der Waals surface area contributed by atoms with Crippen LogP contribution in [0.5, 0.6) is 5.75 Å². The Morgan fingerprint density at radius 2 is 2.05 bits per heavy atom. The Hall–Kier alpha value is -1.75. The van der Waals surface area contributed by atoms with E-state index >= 15 is 0 Å². The summed E-state index contributed by atoms with van der Waals surface area (Å²) in [7, 11) is 0. The summed E-state index contributed by atoms with van der Waals surface area (Å²) in [5.41, 5.74) is 6.75. The number of amides is 1. The fraction of sp³-hybridized carbons (Fsp3) is 0.500. The number of rotatable bonds is 7. The minimum atomic E-state index is -0.181. The Bertz CT molecular complexity index is 421. The van der Waals surface area contributed by atoms with Crippen LogP contribution in [0.4, 0.5) is 5.69 Å². The first-order valence-electron chi connectivity index (χ1n) is 6.50. The van der Waals surface area contributed by atoms with Crippen molar-refractivity contribution in [1.82, 2.24) is 5.32 Å². The van der Waals surface area contributed by atoms with Gasteiger partial charge in [0.15, 0.2) is 0 Å². The lowest BCUT2D eigenvalue weighted by molar-refractivity contribution is 0.0695. The van der Waals surface area contributed by atoms with Crippen LogP contribution < -0.4 is 15.8 Å². The lowest BCUT2D eigenvalue weighted by atomic mass is 10.1. The molecule has 1 aromatic carbocycles. The second kappa shape index (κ2) is 7.63. The van der Waals surface area contributed by atoms with Crippen LogP contribution in [0.25, 0.3) is 0 Å². The number of anilines is 1. The molecule has 5 heteroatoms. The first-order valence-corrected chi connectivity index (χ1v) is 6.50. The maximum absolute atomic E-state index is 12.0. The van der Waals surface area contributed by atoms with Gasteiger partial charge in [0.1, 0.15) is 5.75 Å². The summed E-state index contributed by atoms with van der Waals surface area (Å²) in [5, 5.41) is 2.81. The van der Waals surface area contributed by atoms with E-state index in [0.717, 1.165) is 0 Å². The Morgan fingerprint density at radius 1 is 1.32 bits per heavy atom. The van der Waals surface area contributed by atoms with Crippen molar-refractivity contribution in [2.45, 2.75) is 26.9 Å². The summed E-state index contributed by atoms with van der Waals surface area (Å²) in [6.07, 6.45) is -0.0126. The lowest BCUT2D eigenvalue weighted by Crippen LogP contribution is -2.32. The summed E-state index contributed by atoms with van der Waals surface area (Å²) in [6, 6.07) is 5.01. The third-order valence-electron chi connectivity index (χ3n) is 2.50. The highest BCUT2D eigenvalue weighted by Crippen LogP contribution is 2.18. The zero-order valence-corrected chi connectivity index (χ0v) is 11.7. The molecule has 0 aromatic heterocycles. The Balaban J connectivity index is 2.65. The van der Waals surface area contributed by atoms with Crippen molar-refractivity contribution in [1.29, 1.82) is 0 Å². The van der Waals surface area contributed by atoms with Gasteiger partial charge in [0, 0.05) is 30.5 Å². The number of hydrogen-bond acceptors (Lipinski definition) is 4. The maximum Gasteiger partial charge on any atom is 0.251 e. The van der Waals surface area contributed by atoms with Crippen molar-refractivity contribution in [3.63, 3.8) is 0 Å². The molecule has 19 heavy (non-hydrogen) atoms. The van der Waals surface area contributed by atoms with Crippen molar-refractivity contribution in [2.24, 2.45) is 0 Å². The van der Waals surface area contributed by atoms with E-state index in [9.17, 15) is 4.79 Å². The van der Waals surface area contributed by atoms with Gasteiger partial charge in [-0.1, -0.05) is 0 Å². The number of nitrogens with two attached hydrogens (primary N) is 1. The second-order valence-electron chi connectivity index (χ2n) is 4.20. The summed E-state index contributed by atoms with van der Waals surface area (Å²) in [6.45, 7) is 7.34.